The van der Waals surface area contributed by atoms with Crippen LogP contribution in [0.5, 0.6) is 0 Å². The topological polar surface area (TPSA) is 55.1 Å². The first kappa shape index (κ1) is 15.4. The van der Waals surface area contributed by atoms with Gasteiger partial charge in [0, 0.05) is 11.8 Å². The summed E-state index contributed by atoms with van der Waals surface area (Å²) in [5.41, 5.74) is 7.02. The molecule has 0 spiro atoms. The minimum Gasteiger partial charge on any atom is -0.396 e. The summed E-state index contributed by atoms with van der Waals surface area (Å²) in [4.78, 5) is 11.8. The maximum Gasteiger partial charge on any atom is 0.248 e. The largest absolute Gasteiger partial charge is 0.396 e. The number of amides is 1. The van der Waals surface area contributed by atoms with Crippen molar-refractivity contribution < 1.29 is 9.18 Å². The lowest BCUT2D eigenvalue weighted by atomic mass is 10.2. The first-order valence-electron chi connectivity index (χ1n) is 5.95. The van der Waals surface area contributed by atoms with Crippen LogP contribution in [0.3, 0.4) is 0 Å². The van der Waals surface area contributed by atoms with E-state index in [9.17, 15) is 9.18 Å². The smallest absolute Gasteiger partial charge is 0.248 e. The van der Waals surface area contributed by atoms with Crippen LogP contribution in [-0.2, 0) is 4.79 Å². The Hall–Kier alpha value is -2.04. The molecular weight excluding hydrogens is 314 g/mol. The minimum atomic E-state index is -0.365. The van der Waals surface area contributed by atoms with Crippen LogP contribution < -0.4 is 11.1 Å². The highest BCUT2D eigenvalue weighted by molar-refractivity contribution is 6.39. The molecule has 0 radical (unpaired) electrons. The summed E-state index contributed by atoms with van der Waals surface area (Å²) in [6.45, 7) is 0. The molecule has 0 aliphatic carbocycles. The summed E-state index contributed by atoms with van der Waals surface area (Å²) in [6, 6.07) is 8.78. The first-order valence-corrected chi connectivity index (χ1v) is 6.70. The monoisotopic (exact) mass is 324 g/mol. The molecule has 0 aliphatic rings. The third-order valence-corrected chi connectivity index (χ3v) is 3.27. The molecule has 0 saturated carbocycles. The third-order valence-electron chi connectivity index (χ3n) is 2.64. The van der Waals surface area contributed by atoms with E-state index in [1.165, 1.54) is 30.3 Å². The number of nitrogen functional groups attached to an aromatic ring is 1. The number of nitrogens with two attached hydrogens (primary N) is 1. The molecule has 0 saturated heterocycles. The fourth-order valence-corrected chi connectivity index (χ4v) is 2.07. The molecule has 0 aliphatic heterocycles. The van der Waals surface area contributed by atoms with Crippen molar-refractivity contribution in [2.45, 2.75) is 0 Å². The van der Waals surface area contributed by atoms with E-state index in [1.54, 1.807) is 18.2 Å². The van der Waals surface area contributed by atoms with Gasteiger partial charge in [-0.25, -0.2) is 4.39 Å². The van der Waals surface area contributed by atoms with Crippen molar-refractivity contribution >= 4 is 46.6 Å². The Labute approximate surface area is 131 Å². The quantitative estimate of drug-likeness (QED) is 0.650. The molecule has 3 N–H and O–H groups in total. The Bertz CT molecular complexity index is 676. The number of rotatable bonds is 3. The van der Waals surface area contributed by atoms with Crippen LogP contribution in [0.4, 0.5) is 15.8 Å². The summed E-state index contributed by atoms with van der Waals surface area (Å²) >= 11 is 11.8. The number of carbonyl (C=O) groups is 1. The van der Waals surface area contributed by atoms with Gasteiger partial charge in [0.25, 0.3) is 0 Å². The van der Waals surface area contributed by atoms with Crippen LogP contribution in [0.15, 0.2) is 42.5 Å². The van der Waals surface area contributed by atoms with Gasteiger partial charge in [-0.1, -0.05) is 35.3 Å². The molecule has 0 aromatic heterocycles. The van der Waals surface area contributed by atoms with E-state index >= 15 is 0 Å². The van der Waals surface area contributed by atoms with Crippen LogP contribution in [0.1, 0.15) is 5.56 Å². The van der Waals surface area contributed by atoms with E-state index < -0.39 is 0 Å². The third kappa shape index (κ3) is 4.21. The zero-order valence-electron chi connectivity index (χ0n) is 10.7. The lowest BCUT2D eigenvalue weighted by Crippen LogP contribution is -2.08. The van der Waals surface area contributed by atoms with Crippen LogP contribution in [0, 0.1) is 5.82 Å². The van der Waals surface area contributed by atoms with Crippen LogP contribution in [0.25, 0.3) is 6.08 Å². The molecule has 0 atom stereocenters. The summed E-state index contributed by atoms with van der Waals surface area (Å²) in [6.07, 6.45) is 2.89. The Morgan fingerprint density at radius 1 is 1.14 bits per heavy atom. The molecule has 0 unspecified atom stereocenters. The van der Waals surface area contributed by atoms with E-state index in [4.69, 9.17) is 28.9 Å². The molecule has 6 heteroatoms. The molecular formula is C15H11Cl2FN2O. The van der Waals surface area contributed by atoms with Crippen molar-refractivity contribution in [1.29, 1.82) is 0 Å². The van der Waals surface area contributed by atoms with Gasteiger partial charge in [-0.2, -0.15) is 0 Å². The van der Waals surface area contributed by atoms with Gasteiger partial charge in [0.05, 0.1) is 15.7 Å². The van der Waals surface area contributed by atoms with Crippen LogP contribution >= 0.6 is 23.2 Å². The highest BCUT2D eigenvalue weighted by Crippen LogP contribution is 2.31. The maximum atomic E-state index is 12.7. The first-order chi connectivity index (χ1) is 9.95. The van der Waals surface area contributed by atoms with E-state index in [1.807, 2.05) is 0 Å². The molecule has 108 valence electrons. The highest BCUT2D eigenvalue weighted by Gasteiger charge is 2.06. The second kappa shape index (κ2) is 6.61. The summed E-state index contributed by atoms with van der Waals surface area (Å²) in [5, 5.41) is 3.14. The predicted molar refractivity (Wildman–Crippen MR) is 84.9 cm³/mol. The predicted octanol–water partition coefficient (Wildman–Crippen LogP) is 4.37. The second-order valence-corrected chi connectivity index (χ2v) is 5.04. The van der Waals surface area contributed by atoms with Crippen molar-refractivity contribution in [3.05, 3.63) is 63.9 Å². The number of hydrogen-bond donors (Lipinski definition) is 2. The van der Waals surface area contributed by atoms with Gasteiger partial charge < -0.3 is 11.1 Å². The molecule has 2 rings (SSSR count). The Kier molecular flexibility index (Phi) is 4.83. The molecule has 3 nitrogen and oxygen atoms in total. The van der Waals surface area contributed by atoms with Gasteiger partial charge in [0.15, 0.2) is 0 Å². The van der Waals surface area contributed by atoms with Gasteiger partial charge >= 0.3 is 0 Å². The van der Waals surface area contributed by atoms with Crippen molar-refractivity contribution in [3.63, 3.8) is 0 Å². The van der Waals surface area contributed by atoms with Gasteiger partial charge in [0.2, 0.25) is 5.91 Å². The van der Waals surface area contributed by atoms with E-state index in [-0.39, 0.29) is 27.5 Å². The standard InChI is InChI=1S/C15H11Cl2FN2O/c16-12-7-11(8-13(17)15(12)19)20-14(21)6-3-9-1-4-10(18)5-2-9/h1-8H,19H2,(H,20,21)/b6-3+. The van der Waals surface area contributed by atoms with Crippen molar-refractivity contribution in [2.24, 2.45) is 0 Å². The normalized spacial score (nSPS) is 10.8. The molecule has 0 fully saturated rings. The van der Waals surface area contributed by atoms with Crippen molar-refractivity contribution in [1.82, 2.24) is 0 Å². The number of hydrogen-bond acceptors (Lipinski definition) is 2. The summed E-state index contributed by atoms with van der Waals surface area (Å²) in [7, 11) is 0. The second-order valence-electron chi connectivity index (χ2n) is 4.23. The summed E-state index contributed by atoms with van der Waals surface area (Å²) in [5.74, 6) is -0.695. The van der Waals surface area contributed by atoms with E-state index in [2.05, 4.69) is 5.32 Å². The fraction of sp³-hybridized carbons (Fsp3) is 0. The molecule has 2 aromatic carbocycles. The Morgan fingerprint density at radius 2 is 1.71 bits per heavy atom. The average Bonchev–Trinajstić information content (AvgIpc) is 2.44. The van der Waals surface area contributed by atoms with E-state index in [0.717, 1.165) is 0 Å². The Morgan fingerprint density at radius 3 is 2.29 bits per heavy atom. The van der Waals surface area contributed by atoms with Gasteiger partial charge in [0.1, 0.15) is 5.82 Å². The number of halogens is 3. The number of nitrogens with one attached hydrogen (secondary N) is 1. The highest BCUT2D eigenvalue weighted by atomic mass is 35.5. The molecule has 21 heavy (non-hydrogen) atoms. The maximum absolute atomic E-state index is 12.7. The lowest BCUT2D eigenvalue weighted by Gasteiger charge is -2.06. The van der Waals surface area contributed by atoms with Crippen LogP contribution in [0.2, 0.25) is 10.0 Å². The molecule has 1 amide bonds. The molecule has 0 heterocycles. The zero-order chi connectivity index (χ0) is 15.4. The van der Waals surface area contributed by atoms with Gasteiger partial charge in [-0.3, -0.25) is 4.79 Å². The lowest BCUT2D eigenvalue weighted by molar-refractivity contribution is -0.111. The van der Waals surface area contributed by atoms with Gasteiger partial charge in [-0.05, 0) is 35.9 Å². The zero-order valence-corrected chi connectivity index (χ0v) is 12.3. The van der Waals surface area contributed by atoms with Crippen molar-refractivity contribution in [3.8, 4) is 0 Å². The van der Waals surface area contributed by atoms with Gasteiger partial charge in [-0.15, -0.1) is 0 Å². The number of benzene rings is 2. The van der Waals surface area contributed by atoms with Crippen molar-refractivity contribution in [2.75, 3.05) is 11.1 Å². The van der Waals surface area contributed by atoms with E-state index in [0.29, 0.717) is 11.3 Å². The number of carbonyl (C=O) groups excluding carboxylic acids is 1. The molecule has 0 bridgehead atoms. The summed E-state index contributed by atoms with van der Waals surface area (Å²) < 4.78 is 12.7. The van der Waals surface area contributed by atoms with Crippen LogP contribution in [-0.4, -0.2) is 5.91 Å². The average molecular weight is 325 g/mol. The Balaban J connectivity index is 2.06. The molecule has 2 aromatic rings. The number of anilines is 2. The fourth-order valence-electron chi connectivity index (χ4n) is 1.59. The SMILES string of the molecule is Nc1c(Cl)cc(NC(=O)/C=C/c2ccc(F)cc2)cc1Cl. The minimum absolute atomic E-state index is 0.262.